The smallest absolute Gasteiger partial charge is 0.457 e. The Kier molecular flexibility index (Phi) is 19.7. The van der Waals surface area contributed by atoms with E-state index in [-0.39, 0.29) is 12.8 Å². The van der Waals surface area contributed by atoms with Crippen molar-refractivity contribution in [3.05, 3.63) is 0 Å². The lowest BCUT2D eigenvalue weighted by molar-refractivity contribution is -0.153. The number of ether oxygens (including phenoxy) is 2. The van der Waals surface area contributed by atoms with E-state index in [1.807, 2.05) is 0 Å². The summed E-state index contributed by atoms with van der Waals surface area (Å²) < 4.78 is 31.4. The third-order valence-corrected chi connectivity index (χ3v) is 5.74. The van der Waals surface area contributed by atoms with E-state index in [1.165, 1.54) is 32.1 Å². The summed E-state index contributed by atoms with van der Waals surface area (Å²) in [5, 5.41) is 18.5. The molecule has 0 aliphatic rings. The fraction of sp³-hybridized carbons (Fsp3) is 0.909. The fourth-order valence-electron chi connectivity index (χ4n) is 2.91. The van der Waals surface area contributed by atoms with E-state index in [9.17, 15) is 29.3 Å². The SMILES string of the molecule is CCCCCCCCCCCC(=O)OC(CO)COP(=O)(O)OCC(CO)OC(=O)CCC. The Morgan fingerprint density at radius 1 is 0.697 bits per heavy atom. The summed E-state index contributed by atoms with van der Waals surface area (Å²) in [5.41, 5.74) is 0. The van der Waals surface area contributed by atoms with Crippen LogP contribution in [0.2, 0.25) is 0 Å². The van der Waals surface area contributed by atoms with Gasteiger partial charge in [-0.1, -0.05) is 65.2 Å². The summed E-state index contributed by atoms with van der Waals surface area (Å²) in [4.78, 5) is 33.1. The predicted molar refractivity (Wildman–Crippen MR) is 122 cm³/mol. The highest BCUT2D eigenvalue weighted by atomic mass is 31.2. The first-order valence-electron chi connectivity index (χ1n) is 12.0. The summed E-state index contributed by atoms with van der Waals surface area (Å²) in [7, 11) is -4.58. The monoisotopic (exact) mass is 498 g/mol. The summed E-state index contributed by atoms with van der Waals surface area (Å²) >= 11 is 0. The van der Waals surface area contributed by atoms with Crippen LogP contribution in [0.25, 0.3) is 0 Å². The number of rotatable bonds is 22. The van der Waals surface area contributed by atoms with Gasteiger partial charge in [-0.05, 0) is 12.8 Å². The lowest BCUT2D eigenvalue weighted by atomic mass is 10.1. The van der Waals surface area contributed by atoms with Gasteiger partial charge in [-0.15, -0.1) is 0 Å². The number of aliphatic hydroxyl groups excluding tert-OH is 2. The summed E-state index contributed by atoms with van der Waals surface area (Å²) in [6.07, 6.45) is 8.68. The number of aliphatic hydroxyl groups is 2. The van der Waals surface area contributed by atoms with Gasteiger partial charge in [0.1, 0.15) is 12.2 Å². The lowest BCUT2D eigenvalue weighted by Crippen LogP contribution is -2.28. The maximum Gasteiger partial charge on any atom is 0.472 e. The highest BCUT2D eigenvalue weighted by molar-refractivity contribution is 7.47. The first-order chi connectivity index (χ1) is 15.8. The van der Waals surface area contributed by atoms with Crippen molar-refractivity contribution in [2.24, 2.45) is 0 Å². The maximum atomic E-state index is 12.0. The molecule has 0 spiro atoms. The van der Waals surface area contributed by atoms with Crippen LogP contribution < -0.4 is 0 Å². The molecule has 0 fully saturated rings. The highest BCUT2D eigenvalue weighted by Crippen LogP contribution is 2.43. The largest absolute Gasteiger partial charge is 0.472 e. The zero-order valence-electron chi connectivity index (χ0n) is 20.1. The number of phosphoric ester groups is 1. The van der Waals surface area contributed by atoms with Gasteiger partial charge in [0.2, 0.25) is 0 Å². The number of carbonyl (C=O) groups excluding carboxylic acids is 2. The van der Waals surface area contributed by atoms with Crippen molar-refractivity contribution in [2.75, 3.05) is 26.4 Å². The number of esters is 2. The van der Waals surface area contributed by atoms with Crippen LogP contribution in [0.3, 0.4) is 0 Å². The minimum atomic E-state index is -4.58. The van der Waals surface area contributed by atoms with Crippen LogP contribution in [0.5, 0.6) is 0 Å². The molecule has 3 N–H and O–H groups in total. The Morgan fingerprint density at radius 3 is 1.55 bits per heavy atom. The molecule has 0 aliphatic carbocycles. The third-order valence-electron chi connectivity index (χ3n) is 4.79. The van der Waals surface area contributed by atoms with E-state index in [4.69, 9.17) is 18.5 Å². The van der Waals surface area contributed by atoms with E-state index < -0.39 is 58.4 Å². The molecule has 33 heavy (non-hydrogen) atoms. The van der Waals surface area contributed by atoms with E-state index in [0.717, 1.165) is 19.3 Å². The molecule has 0 saturated heterocycles. The van der Waals surface area contributed by atoms with Crippen molar-refractivity contribution >= 4 is 19.8 Å². The number of hydrogen-bond donors (Lipinski definition) is 3. The van der Waals surface area contributed by atoms with Crippen LogP contribution in [0, 0.1) is 0 Å². The quantitative estimate of drug-likeness (QED) is 0.115. The zero-order chi connectivity index (χ0) is 25.0. The minimum absolute atomic E-state index is 0.145. The average Bonchev–Trinajstić information content (AvgIpc) is 2.78. The molecule has 0 aliphatic heterocycles. The van der Waals surface area contributed by atoms with Gasteiger partial charge in [-0.25, -0.2) is 4.57 Å². The summed E-state index contributed by atoms with van der Waals surface area (Å²) in [5.74, 6) is -1.08. The van der Waals surface area contributed by atoms with Crippen LogP contribution in [-0.4, -0.2) is 65.7 Å². The van der Waals surface area contributed by atoms with Gasteiger partial charge in [0.15, 0.2) is 0 Å². The first-order valence-corrected chi connectivity index (χ1v) is 13.5. The number of phosphoric acid groups is 1. The second-order valence-electron chi connectivity index (χ2n) is 7.98. The second-order valence-corrected chi connectivity index (χ2v) is 9.43. The van der Waals surface area contributed by atoms with Crippen molar-refractivity contribution < 1.29 is 47.8 Å². The fourth-order valence-corrected chi connectivity index (χ4v) is 3.70. The van der Waals surface area contributed by atoms with E-state index in [1.54, 1.807) is 6.92 Å². The first kappa shape index (κ1) is 32.0. The Labute approximate surface area is 197 Å². The molecule has 0 saturated carbocycles. The van der Waals surface area contributed by atoms with Crippen LogP contribution >= 0.6 is 7.82 Å². The van der Waals surface area contributed by atoms with Crippen molar-refractivity contribution in [3.63, 3.8) is 0 Å². The van der Waals surface area contributed by atoms with Crippen molar-refractivity contribution in [3.8, 4) is 0 Å². The topological polar surface area (TPSA) is 149 Å². The zero-order valence-corrected chi connectivity index (χ0v) is 21.0. The Morgan fingerprint density at radius 2 is 1.12 bits per heavy atom. The van der Waals surface area contributed by atoms with Crippen molar-refractivity contribution in [2.45, 2.75) is 103 Å². The third kappa shape index (κ3) is 19.0. The van der Waals surface area contributed by atoms with Crippen molar-refractivity contribution in [1.29, 1.82) is 0 Å². The molecular formula is C22H43O10P. The summed E-state index contributed by atoms with van der Waals surface area (Å²) in [6, 6.07) is 0. The molecule has 0 aromatic carbocycles. The number of hydrogen-bond acceptors (Lipinski definition) is 9. The van der Waals surface area contributed by atoms with Gasteiger partial charge in [-0.2, -0.15) is 0 Å². The Balaban J connectivity index is 4.10. The Bertz CT molecular complexity index is 557. The van der Waals surface area contributed by atoms with E-state index >= 15 is 0 Å². The molecule has 0 heterocycles. The lowest BCUT2D eigenvalue weighted by Gasteiger charge is -2.20. The predicted octanol–water partition coefficient (Wildman–Crippen LogP) is 3.65. The Hall–Kier alpha value is -1.03. The molecule has 3 atom stereocenters. The average molecular weight is 499 g/mol. The molecule has 0 bridgehead atoms. The van der Waals surface area contributed by atoms with Gasteiger partial charge in [0, 0.05) is 12.8 Å². The molecule has 196 valence electrons. The van der Waals surface area contributed by atoms with Gasteiger partial charge >= 0.3 is 19.8 Å². The maximum absolute atomic E-state index is 12.0. The van der Waals surface area contributed by atoms with Crippen LogP contribution in [0.1, 0.15) is 90.9 Å². The highest BCUT2D eigenvalue weighted by Gasteiger charge is 2.27. The molecule has 0 radical (unpaired) electrons. The van der Waals surface area contributed by atoms with Gasteiger partial charge in [-0.3, -0.25) is 18.6 Å². The number of carbonyl (C=O) groups is 2. The standard InChI is InChI=1S/C22H43O10P/c1-3-5-6-7-8-9-10-11-12-14-22(26)32-20(16-24)18-30-33(27,28)29-17-19(15-23)31-21(25)13-4-2/h19-20,23-24H,3-18H2,1-2H3,(H,27,28). The normalized spacial score (nSPS) is 14.9. The second kappa shape index (κ2) is 20.4. The summed E-state index contributed by atoms with van der Waals surface area (Å²) in [6.45, 7) is 1.69. The van der Waals surface area contributed by atoms with Gasteiger partial charge < -0.3 is 24.6 Å². The number of unbranched alkanes of at least 4 members (excludes halogenated alkanes) is 8. The molecular weight excluding hydrogens is 455 g/mol. The molecule has 0 rings (SSSR count). The van der Waals surface area contributed by atoms with E-state index in [0.29, 0.717) is 12.8 Å². The van der Waals surface area contributed by atoms with Crippen molar-refractivity contribution in [1.82, 2.24) is 0 Å². The molecule has 0 aromatic rings. The van der Waals surface area contributed by atoms with Crippen LogP contribution in [0.4, 0.5) is 0 Å². The molecule has 11 heteroatoms. The van der Waals surface area contributed by atoms with Gasteiger partial charge in [0.25, 0.3) is 0 Å². The molecule has 0 aromatic heterocycles. The molecule has 3 unspecified atom stereocenters. The minimum Gasteiger partial charge on any atom is -0.457 e. The van der Waals surface area contributed by atoms with Crippen LogP contribution in [0.15, 0.2) is 0 Å². The van der Waals surface area contributed by atoms with Crippen LogP contribution in [-0.2, 0) is 32.7 Å². The van der Waals surface area contributed by atoms with E-state index in [2.05, 4.69) is 6.92 Å². The van der Waals surface area contributed by atoms with Gasteiger partial charge in [0.05, 0.1) is 26.4 Å². The molecule has 10 nitrogen and oxygen atoms in total. The molecule has 0 amide bonds.